The first-order chi connectivity index (χ1) is 9.81. The summed E-state index contributed by atoms with van der Waals surface area (Å²) in [7, 11) is 0. The van der Waals surface area contributed by atoms with E-state index in [1.807, 2.05) is 13.0 Å². The molecule has 4 heteroatoms. The maximum Gasteiger partial charge on any atom is 0.144 e. The Kier molecular flexibility index (Phi) is 5.82. The lowest BCUT2D eigenvalue weighted by molar-refractivity contribution is 0.468. The summed E-state index contributed by atoms with van der Waals surface area (Å²) in [6.07, 6.45) is 9.81. The summed E-state index contributed by atoms with van der Waals surface area (Å²) >= 11 is 0. The largest absolute Gasteiger partial charge is 0.368 e. The second-order valence-corrected chi connectivity index (χ2v) is 5.53. The van der Waals surface area contributed by atoms with E-state index in [4.69, 9.17) is 5.26 Å². The highest BCUT2D eigenvalue weighted by Crippen LogP contribution is 2.17. The van der Waals surface area contributed by atoms with Crippen LogP contribution in [-0.4, -0.2) is 24.1 Å². The lowest BCUT2D eigenvalue weighted by Gasteiger charge is -2.16. The molecule has 20 heavy (non-hydrogen) atoms. The molecule has 0 aliphatic heterocycles. The number of nitrogens with one attached hydrogen (secondary N) is 2. The van der Waals surface area contributed by atoms with Crippen LogP contribution in [0, 0.1) is 18.3 Å². The molecule has 2 rings (SSSR count). The standard InChI is InChI=1S/C16H24N4/c1-13-8-9-19-16(15(13)12-17)20-11-10-18-14-6-4-2-3-5-7-14/h8-9,14,18H,2-7,10-11H2,1H3,(H,19,20). The Bertz CT molecular complexity index is 456. The molecule has 0 unspecified atom stereocenters. The fourth-order valence-electron chi connectivity index (χ4n) is 2.77. The molecule has 1 saturated carbocycles. The summed E-state index contributed by atoms with van der Waals surface area (Å²) in [4.78, 5) is 4.25. The number of aryl methyl sites for hydroxylation is 1. The zero-order valence-corrected chi connectivity index (χ0v) is 12.3. The minimum absolute atomic E-state index is 0.655. The lowest BCUT2D eigenvalue weighted by Crippen LogP contribution is -2.32. The highest BCUT2D eigenvalue weighted by atomic mass is 15.0. The van der Waals surface area contributed by atoms with Gasteiger partial charge >= 0.3 is 0 Å². The molecular formula is C16H24N4. The van der Waals surface area contributed by atoms with Crippen LogP contribution >= 0.6 is 0 Å². The maximum atomic E-state index is 9.15. The molecule has 4 nitrogen and oxygen atoms in total. The highest BCUT2D eigenvalue weighted by molar-refractivity contribution is 5.55. The first-order valence-corrected chi connectivity index (χ1v) is 7.64. The molecule has 1 aromatic heterocycles. The summed E-state index contributed by atoms with van der Waals surface area (Å²) < 4.78 is 0. The predicted octanol–water partition coefficient (Wildman–Crippen LogP) is 2.99. The van der Waals surface area contributed by atoms with Crippen molar-refractivity contribution in [2.45, 2.75) is 51.5 Å². The van der Waals surface area contributed by atoms with Crippen LogP contribution in [0.4, 0.5) is 5.82 Å². The molecule has 1 aliphatic rings. The molecule has 0 aromatic carbocycles. The highest BCUT2D eigenvalue weighted by Gasteiger charge is 2.11. The third-order valence-electron chi connectivity index (χ3n) is 3.98. The second-order valence-electron chi connectivity index (χ2n) is 5.53. The van der Waals surface area contributed by atoms with Crippen molar-refractivity contribution in [1.29, 1.82) is 5.26 Å². The SMILES string of the molecule is Cc1ccnc(NCCNC2CCCCCC2)c1C#N. The third kappa shape index (κ3) is 4.21. The number of nitriles is 1. The van der Waals surface area contributed by atoms with Crippen molar-refractivity contribution in [2.75, 3.05) is 18.4 Å². The van der Waals surface area contributed by atoms with E-state index in [-0.39, 0.29) is 0 Å². The molecular weight excluding hydrogens is 248 g/mol. The van der Waals surface area contributed by atoms with Gasteiger partial charge in [-0.3, -0.25) is 0 Å². The third-order valence-corrected chi connectivity index (χ3v) is 3.98. The van der Waals surface area contributed by atoms with Gasteiger partial charge in [0.15, 0.2) is 0 Å². The Morgan fingerprint density at radius 1 is 1.25 bits per heavy atom. The summed E-state index contributed by atoms with van der Waals surface area (Å²) in [6, 6.07) is 4.75. The van der Waals surface area contributed by atoms with E-state index in [2.05, 4.69) is 21.7 Å². The molecule has 0 atom stereocenters. The number of hydrogen-bond donors (Lipinski definition) is 2. The number of anilines is 1. The van der Waals surface area contributed by atoms with Gasteiger partial charge in [-0.2, -0.15) is 5.26 Å². The van der Waals surface area contributed by atoms with E-state index in [0.29, 0.717) is 17.4 Å². The van der Waals surface area contributed by atoms with Gasteiger partial charge in [-0.05, 0) is 31.4 Å². The molecule has 1 fully saturated rings. The molecule has 2 N–H and O–H groups in total. The van der Waals surface area contributed by atoms with Gasteiger partial charge in [0, 0.05) is 25.3 Å². The normalized spacial score (nSPS) is 16.4. The van der Waals surface area contributed by atoms with Crippen LogP contribution in [0.3, 0.4) is 0 Å². The van der Waals surface area contributed by atoms with Gasteiger partial charge in [0.25, 0.3) is 0 Å². The van der Waals surface area contributed by atoms with E-state index in [9.17, 15) is 0 Å². The maximum absolute atomic E-state index is 9.15. The Hall–Kier alpha value is -1.60. The Labute approximate surface area is 121 Å². The van der Waals surface area contributed by atoms with E-state index in [1.54, 1.807) is 6.20 Å². The molecule has 1 aliphatic carbocycles. The van der Waals surface area contributed by atoms with Crippen LogP contribution < -0.4 is 10.6 Å². The number of rotatable bonds is 5. The number of hydrogen-bond acceptors (Lipinski definition) is 4. The summed E-state index contributed by atoms with van der Waals surface area (Å²) in [5.41, 5.74) is 1.63. The van der Waals surface area contributed by atoms with Gasteiger partial charge in [0.05, 0.1) is 5.56 Å². The number of nitrogens with zero attached hydrogens (tertiary/aromatic N) is 2. The van der Waals surface area contributed by atoms with E-state index in [0.717, 1.165) is 18.7 Å². The number of pyridine rings is 1. The van der Waals surface area contributed by atoms with Crippen molar-refractivity contribution in [1.82, 2.24) is 10.3 Å². The van der Waals surface area contributed by atoms with Gasteiger partial charge in [0.2, 0.25) is 0 Å². The fraction of sp³-hybridized carbons (Fsp3) is 0.625. The van der Waals surface area contributed by atoms with Crippen LogP contribution in [-0.2, 0) is 0 Å². The van der Waals surface area contributed by atoms with Crippen molar-refractivity contribution >= 4 is 5.82 Å². The summed E-state index contributed by atoms with van der Waals surface area (Å²) in [5, 5.41) is 16.0. The molecule has 108 valence electrons. The second kappa shape index (κ2) is 7.86. The van der Waals surface area contributed by atoms with Crippen molar-refractivity contribution in [3.8, 4) is 6.07 Å². The van der Waals surface area contributed by atoms with Gasteiger partial charge in [-0.1, -0.05) is 25.7 Å². The van der Waals surface area contributed by atoms with E-state index >= 15 is 0 Å². The molecule has 0 bridgehead atoms. The summed E-state index contributed by atoms with van der Waals surface area (Å²) in [6.45, 7) is 3.67. The monoisotopic (exact) mass is 272 g/mol. The zero-order chi connectivity index (χ0) is 14.2. The minimum Gasteiger partial charge on any atom is -0.368 e. The quantitative estimate of drug-likeness (QED) is 0.639. The van der Waals surface area contributed by atoms with Gasteiger partial charge < -0.3 is 10.6 Å². The average molecular weight is 272 g/mol. The van der Waals surface area contributed by atoms with Crippen LogP contribution in [0.2, 0.25) is 0 Å². The van der Waals surface area contributed by atoms with Crippen LogP contribution in [0.5, 0.6) is 0 Å². The van der Waals surface area contributed by atoms with Crippen molar-refractivity contribution in [3.05, 3.63) is 23.4 Å². The van der Waals surface area contributed by atoms with Crippen LogP contribution in [0.1, 0.15) is 49.7 Å². The Balaban J connectivity index is 1.76. The predicted molar refractivity (Wildman–Crippen MR) is 81.7 cm³/mol. The summed E-state index contributed by atoms with van der Waals surface area (Å²) in [5.74, 6) is 0.704. The zero-order valence-electron chi connectivity index (χ0n) is 12.3. The van der Waals surface area contributed by atoms with Crippen molar-refractivity contribution in [3.63, 3.8) is 0 Å². The van der Waals surface area contributed by atoms with Crippen molar-refractivity contribution in [2.24, 2.45) is 0 Å². The minimum atomic E-state index is 0.655. The van der Waals surface area contributed by atoms with Crippen LogP contribution in [0.15, 0.2) is 12.3 Å². The first-order valence-electron chi connectivity index (χ1n) is 7.64. The fourth-order valence-corrected chi connectivity index (χ4v) is 2.77. The molecule has 0 radical (unpaired) electrons. The molecule has 1 aromatic rings. The Morgan fingerprint density at radius 2 is 2.00 bits per heavy atom. The topological polar surface area (TPSA) is 60.7 Å². The average Bonchev–Trinajstić information content (AvgIpc) is 2.72. The van der Waals surface area contributed by atoms with E-state index < -0.39 is 0 Å². The molecule has 0 amide bonds. The van der Waals surface area contributed by atoms with Gasteiger partial charge in [-0.15, -0.1) is 0 Å². The van der Waals surface area contributed by atoms with Gasteiger partial charge in [-0.25, -0.2) is 4.98 Å². The molecule has 0 spiro atoms. The molecule has 0 saturated heterocycles. The first kappa shape index (κ1) is 14.8. The molecule has 1 heterocycles. The van der Waals surface area contributed by atoms with E-state index in [1.165, 1.54) is 38.5 Å². The van der Waals surface area contributed by atoms with Crippen LogP contribution in [0.25, 0.3) is 0 Å². The lowest BCUT2D eigenvalue weighted by atomic mass is 10.1. The number of aromatic nitrogens is 1. The van der Waals surface area contributed by atoms with Crippen molar-refractivity contribution < 1.29 is 0 Å². The Morgan fingerprint density at radius 3 is 2.70 bits per heavy atom. The smallest absolute Gasteiger partial charge is 0.144 e. The van der Waals surface area contributed by atoms with Gasteiger partial charge in [0.1, 0.15) is 11.9 Å².